The van der Waals surface area contributed by atoms with E-state index >= 15 is 0 Å². The highest BCUT2D eigenvalue weighted by molar-refractivity contribution is 5.50. The van der Waals surface area contributed by atoms with E-state index in [1.165, 1.54) is 0 Å². The number of nitrogens with zero attached hydrogens (tertiary/aromatic N) is 4. The number of hydrogen-bond donors (Lipinski definition) is 1. The first kappa shape index (κ1) is 13.7. The van der Waals surface area contributed by atoms with Gasteiger partial charge in [-0.1, -0.05) is 25.9 Å². The Morgan fingerprint density at radius 1 is 1.42 bits per heavy atom. The first-order chi connectivity index (χ1) is 8.83. The molecule has 0 bridgehead atoms. The van der Waals surface area contributed by atoms with Crippen LogP contribution in [0.5, 0.6) is 0 Å². The Morgan fingerprint density at radius 3 is 2.74 bits per heavy atom. The van der Waals surface area contributed by atoms with Crippen molar-refractivity contribution in [2.45, 2.75) is 39.7 Å². The number of rotatable bonds is 4. The van der Waals surface area contributed by atoms with Gasteiger partial charge in [0.05, 0.1) is 11.8 Å². The van der Waals surface area contributed by atoms with Crippen molar-refractivity contribution < 1.29 is 4.52 Å². The van der Waals surface area contributed by atoms with E-state index in [1.54, 1.807) is 10.9 Å². The SMILES string of the molecule is Cn1cc(-c2noc(CC(N)CC(C)(C)C)n2)cn1. The molecule has 1 unspecified atom stereocenters. The lowest BCUT2D eigenvalue weighted by atomic mass is 9.87. The van der Waals surface area contributed by atoms with E-state index in [2.05, 4.69) is 36.0 Å². The summed E-state index contributed by atoms with van der Waals surface area (Å²) in [5, 5.41) is 8.04. The topological polar surface area (TPSA) is 82.8 Å². The van der Waals surface area contributed by atoms with Crippen molar-refractivity contribution >= 4 is 0 Å². The van der Waals surface area contributed by atoms with E-state index in [0.29, 0.717) is 18.1 Å². The van der Waals surface area contributed by atoms with Crippen LogP contribution in [-0.4, -0.2) is 26.0 Å². The number of hydrogen-bond acceptors (Lipinski definition) is 5. The Morgan fingerprint density at radius 2 is 2.16 bits per heavy atom. The summed E-state index contributed by atoms with van der Waals surface area (Å²) >= 11 is 0. The van der Waals surface area contributed by atoms with E-state index in [1.807, 2.05) is 13.2 Å². The Hall–Kier alpha value is -1.69. The maximum atomic E-state index is 6.10. The molecule has 0 radical (unpaired) electrons. The van der Waals surface area contributed by atoms with Crippen molar-refractivity contribution in [3.63, 3.8) is 0 Å². The normalized spacial score (nSPS) is 13.7. The summed E-state index contributed by atoms with van der Waals surface area (Å²) in [5.41, 5.74) is 7.15. The fourth-order valence-corrected chi connectivity index (χ4v) is 2.07. The molecule has 6 nitrogen and oxygen atoms in total. The number of nitrogens with two attached hydrogens (primary N) is 1. The van der Waals surface area contributed by atoms with E-state index < -0.39 is 0 Å². The Bertz CT molecular complexity index is 537. The van der Waals surface area contributed by atoms with Gasteiger partial charge in [0.2, 0.25) is 11.7 Å². The van der Waals surface area contributed by atoms with Crippen molar-refractivity contribution in [3.8, 4) is 11.4 Å². The third-order valence-electron chi connectivity index (χ3n) is 2.74. The lowest BCUT2D eigenvalue weighted by Crippen LogP contribution is -2.28. The van der Waals surface area contributed by atoms with Crippen LogP contribution in [0.4, 0.5) is 0 Å². The minimum atomic E-state index is 0.0298. The molecule has 0 aliphatic carbocycles. The molecule has 0 fully saturated rings. The molecule has 0 amide bonds. The highest BCUT2D eigenvalue weighted by Gasteiger charge is 2.19. The van der Waals surface area contributed by atoms with Gasteiger partial charge in [0, 0.05) is 25.7 Å². The summed E-state index contributed by atoms with van der Waals surface area (Å²) in [6.45, 7) is 6.51. The van der Waals surface area contributed by atoms with Gasteiger partial charge in [-0.2, -0.15) is 10.1 Å². The van der Waals surface area contributed by atoms with Crippen LogP contribution in [0.25, 0.3) is 11.4 Å². The standard InChI is InChI=1S/C13H21N5O/c1-13(2,3)6-10(14)5-11-16-12(17-19-11)9-7-15-18(4)8-9/h7-8,10H,5-6,14H2,1-4H3. The molecule has 0 saturated carbocycles. The van der Waals surface area contributed by atoms with Crippen molar-refractivity contribution in [1.82, 2.24) is 19.9 Å². The first-order valence-corrected chi connectivity index (χ1v) is 6.41. The maximum absolute atomic E-state index is 6.10. The van der Waals surface area contributed by atoms with Gasteiger partial charge in [0.15, 0.2) is 0 Å². The summed E-state index contributed by atoms with van der Waals surface area (Å²) in [7, 11) is 1.85. The molecular weight excluding hydrogens is 242 g/mol. The molecular formula is C13H21N5O. The van der Waals surface area contributed by atoms with Crippen molar-refractivity contribution in [2.24, 2.45) is 18.2 Å². The van der Waals surface area contributed by atoms with E-state index in [9.17, 15) is 0 Å². The molecule has 19 heavy (non-hydrogen) atoms. The van der Waals surface area contributed by atoms with Crippen LogP contribution >= 0.6 is 0 Å². The predicted octanol–water partition coefficient (Wildman–Crippen LogP) is 1.78. The molecule has 104 valence electrons. The van der Waals surface area contributed by atoms with E-state index in [-0.39, 0.29) is 11.5 Å². The zero-order valence-corrected chi connectivity index (χ0v) is 11.9. The van der Waals surface area contributed by atoms with Gasteiger partial charge in [0.1, 0.15) is 0 Å². The summed E-state index contributed by atoms with van der Waals surface area (Å²) < 4.78 is 6.94. The summed E-state index contributed by atoms with van der Waals surface area (Å²) in [6, 6.07) is 0.0298. The van der Waals surface area contributed by atoms with Crippen molar-refractivity contribution in [3.05, 3.63) is 18.3 Å². The molecule has 0 aromatic carbocycles. The minimum absolute atomic E-state index is 0.0298. The number of aryl methyl sites for hydroxylation is 1. The first-order valence-electron chi connectivity index (χ1n) is 6.41. The second kappa shape index (κ2) is 5.13. The van der Waals surface area contributed by atoms with E-state index in [0.717, 1.165) is 12.0 Å². The van der Waals surface area contributed by atoms with Crippen LogP contribution in [0.2, 0.25) is 0 Å². The molecule has 0 aliphatic heterocycles. The van der Waals surface area contributed by atoms with Gasteiger partial charge in [-0.15, -0.1) is 0 Å². The fraction of sp³-hybridized carbons (Fsp3) is 0.615. The van der Waals surface area contributed by atoms with Gasteiger partial charge >= 0.3 is 0 Å². The second-order valence-electron chi connectivity index (χ2n) is 6.14. The highest BCUT2D eigenvalue weighted by Crippen LogP contribution is 2.22. The quantitative estimate of drug-likeness (QED) is 0.909. The fourth-order valence-electron chi connectivity index (χ4n) is 2.07. The molecule has 2 aromatic heterocycles. The Labute approximate surface area is 113 Å². The lowest BCUT2D eigenvalue weighted by Gasteiger charge is -2.21. The molecule has 1 atom stereocenters. The van der Waals surface area contributed by atoms with Crippen LogP contribution in [-0.2, 0) is 13.5 Å². The average Bonchev–Trinajstić information content (AvgIpc) is 2.83. The van der Waals surface area contributed by atoms with E-state index in [4.69, 9.17) is 10.3 Å². The monoisotopic (exact) mass is 263 g/mol. The van der Waals surface area contributed by atoms with Crippen LogP contribution < -0.4 is 5.73 Å². The van der Waals surface area contributed by atoms with Gasteiger partial charge in [0.25, 0.3) is 0 Å². The van der Waals surface area contributed by atoms with Gasteiger partial charge in [-0.05, 0) is 11.8 Å². The molecule has 2 heterocycles. The highest BCUT2D eigenvalue weighted by atomic mass is 16.5. The molecule has 6 heteroatoms. The second-order valence-corrected chi connectivity index (χ2v) is 6.14. The predicted molar refractivity (Wildman–Crippen MR) is 72.3 cm³/mol. The molecule has 0 aliphatic rings. The molecule has 0 saturated heterocycles. The van der Waals surface area contributed by atoms with Gasteiger partial charge in [-0.3, -0.25) is 4.68 Å². The zero-order chi connectivity index (χ0) is 14.0. The van der Waals surface area contributed by atoms with Crippen LogP contribution in [0.1, 0.15) is 33.1 Å². The van der Waals surface area contributed by atoms with Crippen molar-refractivity contribution in [2.75, 3.05) is 0 Å². The minimum Gasteiger partial charge on any atom is -0.339 e. The van der Waals surface area contributed by atoms with Gasteiger partial charge in [-0.25, -0.2) is 0 Å². The molecule has 2 rings (SSSR count). The van der Waals surface area contributed by atoms with Crippen LogP contribution in [0.3, 0.4) is 0 Å². The Balaban J connectivity index is 2.01. The summed E-state index contributed by atoms with van der Waals surface area (Å²) in [4.78, 5) is 4.35. The molecule has 2 aromatic rings. The Kier molecular flexibility index (Phi) is 3.71. The van der Waals surface area contributed by atoms with Crippen LogP contribution in [0.15, 0.2) is 16.9 Å². The smallest absolute Gasteiger partial charge is 0.228 e. The van der Waals surface area contributed by atoms with Crippen molar-refractivity contribution in [1.29, 1.82) is 0 Å². The molecule has 2 N–H and O–H groups in total. The number of aromatic nitrogens is 4. The third-order valence-corrected chi connectivity index (χ3v) is 2.74. The maximum Gasteiger partial charge on any atom is 0.228 e. The zero-order valence-electron chi connectivity index (χ0n) is 11.9. The average molecular weight is 263 g/mol. The summed E-state index contributed by atoms with van der Waals surface area (Å²) in [6.07, 6.45) is 5.08. The van der Waals surface area contributed by atoms with Crippen LogP contribution in [0, 0.1) is 5.41 Å². The largest absolute Gasteiger partial charge is 0.339 e. The lowest BCUT2D eigenvalue weighted by molar-refractivity contribution is 0.313. The summed E-state index contributed by atoms with van der Waals surface area (Å²) in [5.74, 6) is 1.14. The third kappa shape index (κ3) is 3.89. The van der Waals surface area contributed by atoms with Gasteiger partial charge < -0.3 is 10.3 Å². The molecule has 0 spiro atoms.